The zero-order valence-electron chi connectivity index (χ0n) is 20.3. The molecule has 0 spiro atoms. The molecule has 0 aromatic rings. The van der Waals surface area contributed by atoms with E-state index in [2.05, 4.69) is 26.1 Å². The number of nitrogens with one attached hydrogen (secondary N) is 1. The maximum absolute atomic E-state index is 13.5. The van der Waals surface area contributed by atoms with Crippen LogP contribution in [0.2, 0.25) is 0 Å². The maximum atomic E-state index is 13.5. The van der Waals surface area contributed by atoms with Crippen molar-refractivity contribution in [1.82, 2.24) is 10.2 Å². The molecular formula is C24H40N2O5. The molecule has 2 aliphatic rings. The van der Waals surface area contributed by atoms with E-state index in [0.717, 1.165) is 6.42 Å². The molecule has 0 aromatic heterocycles. The van der Waals surface area contributed by atoms with Crippen molar-refractivity contribution in [1.29, 1.82) is 0 Å². The first-order valence-electron chi connectivity index (χ1n) is 11.3. The van der Waals surface area contributed by atoms with E-state index in [1.54, 1.807) is 13.8 Å². The van der Waals surface area contributed by atoms with Crippen LogP contribution in [0.5, 0.6) is 0 Å². The molecule has 176 valence electrons. The Hall–Kier alpha value is -1.89. The fourth-order valence-electron chi connectivity index (χ4n) is 5.48. The van der Waals surface area contributed by atoms with Crippen LogP contribution in [0.15, 0.2) is 12.2 Å². The van der Waals surface area contributed by atoms with Crippen molar-refractivity contribution in [3.8, 4) is 0 Å². The van der Waals surface area contributed by atoms with Gasteiger partial charge >= 0.3 is 5.97 Å². The van der Waals surface area contributed by atoms with Crippen LogP contribution in [0.25, 0.3) is 0 Å². The Labute approximate surface area is 186 Å². The second-order valence-electron chi connectivity index (χ2n) is 11.0. The van der Waals surface area contributed by atoms with E-state index in [-0.39, 0.29) is 36.4 Å². The Morgan fingerprint density at radius 2 is 1.84 bits per heavy atom. The zero-order valence-corrected chi connectivity index (χ0v) is 20.3. The van der Waals surface area contributed by atoms with Gasteiger partial charge in [0, 0.05) is 11.5 Å². The van der Waals surface area contributed by atoms with Gasteiger partial charge in [-0.1, -0.05) is 39.8 Å². The van der Waals surface area contributed by atoms with Gasteiger partial charge in [-0.05, 0) is 45.4 Å². The molecule has 2 amide bonds. The van der Waals surface area contributed by atoms with Gasteiger partial charge in [-0.25, -0.2) is 0 Å². The van der Waals surface area contributed by atoms with E-state index in [4.69, 9.17) is 4.74 Å². The summed E-state index contributed by atoms with van der Waals surface area (Å²) in [5, 5.41) is 12.9. The van der Waals surface area contributed by atoms with Gasteiger partial charge in [-0.2, -0.15) is 0 Å². The summed E-state index contributed by atoms with van der Waals surface area (Å²) in [4.78, 5) is 41.2. The number of nitrogens with zero attached hydrogens (tertiary/aromatic N) is 1. The topological polar surface area (TPSA) is 95.9 Å². The normalized spacial score (nSPS) is 29.5. The first-order chi connectivity index (χ1) is 14.2. The molecule has 2 N–H and O–H groups in total. The lowest BCUT2D eigenvalue weighted by Gasteiger charge is -2.37. The Morgan fingerprint density at radius 3 is 2.35 bits per heavy atom. The number of hydrogen-bond acceptors (Lipinski definition) is 5. The summed E-state index contributed by atoms with van der Waals surface area (Å²) in [6.45, 7) is 15.6. The molecule has 1 saturated heterocycles. The monoisotopic (exact) mass is 436 g/mol. The van der Waals surface area contributed by atoms with Crippen molar-refractivity contribution < 1.29 is 24.2 Å². The predicted molar refractivity (Wildman–Crippen MR) is 119 cm³/mol. The predicted octanol–water partition coefficient (Wildman–Crippen LogP) is 2.53. The lowest BCUT2D eigenvalue weighted by molar-refractivity contribution is -0.155. The summed E-state index contributed by atoms with van der Waals surface area (Å²) in [5.74, 6) is -2.86. The number of likely N-dealkylation sites (tertiary alicyclic amines) is 1. The van der Waals surface area contributed by atoms with Gasteiger partial charge in [0.05, 0.1) is 31.1 Å². The van der Waals surface area contributed by atoms with Crippen molar-refractivity contribution in [2.24, 2.45) is 29.1 Å². The molecule has 0 unspecified atom stereocenters. The number of allylic oxidation sites excluding steroid dienone is 1. The second kappa shape index (κ2) is 9.31. The Bertz CT molecular complexity index is 724. The lowest BCUT2D eigenvalue weighted by Crippen LogP contribution is -2.56. The van der Waals surface area contributed by atoms with Crippen molar-refractivity contribution in [3.63, 3.8) is 0 Å². The van der Waals surface area contributed by atoms with Crippen LogP contribution >= 0.6 is 0 Å². The van der Waals surface area contributed by atoms with Crippen LogP contribution in [-0.2, 0) is 19.1 Å². The highest BCUT2D eigenvalue weighted by atomic mass is 16.5. The van der Waals surface area contributed by atoms with Gasteiger partial charge in [-0.3, -0.25) is 14.4 Å². The first-order valence-corrected chi connectivity index (χ1v) is 11.3. The molecule has 0 saturated carbocycles. The summed E-state index contributed by atoms with van der Waals surface area (Å²) in [6.07, 6.45) is 4.56. The van der Waals surface area contributed by atoms with Gasteiger partial charge in [0.2, 0.25) is 11.8 Å². The molecule has 0 aromatic carbocycles. The molecule has 1 aliphatic heterocycles. The molecule has 1 fully saturated rings. The molecule has 0 radical (unpaired) electrons. The minimum absolute atomic E-state index is 0.0120. The number of carbonyl (C=O) groups is 3. The molecule has 0 bridgehead atoms. The molecule has 31 heavy (non-hydrogen) atoms. The van der Waals surface area contributed by atoms with Crippen molar-refractivity contribution >= 4 is 17.8 Å². The van der Waals surface area contributed by atoms with E-state index in [1.807, 2.05) is 32.9 Å². The summed E-state index contributed by atoms with van der Waals surface area (Å²) in [7, 11) is 0. The maximum Gasteiger partial charge on any atom is 0.310 e. The van der Waals surface area contributed by atoms with Gasteiger partial charge < -0.3 is 20.1 Å². The van der Waals surface area contributed by atoms with E-state index >= 15 is 0 Å². The van der Waals surface area contributed by atoms with Crippen LogP contribution in [0.3, 0.4) is 0 Å². The van der Waals surface area contributed by atoms with Crippen LogP contribution < -0.4 is 5.32 Å². The number of amides is 2. The molecular weight excluding hydrogens is 396 g/mol. The molecule has 1 aliphatic carbocycles. The zero-order chi connectivity index (χ0) is 23.7. The number of aliphatic hydroxyl groups is 1. The highest BCUT2D eigenvalue weighted by Gasteiger charge is 2.58. The average Bonchev–Trinajstić information content (AvgIpc) is 2.91. The molecule has 7 heteroatoms. The number of ether oxygens (including phenoxy) is 1. The summed E-state index contributed by atoms with van der Waals surface area (Å²) < 4.78 is 5.27. The summed E-state index contributed by atoms with van der Waals surface area (Å²) in [6, 6.07) is -1.31. The van der Waals surface area contributed by atoms with E-state index < -0.39 is 41.3 Å². The van der Waals surface area contributed by atoms with Crippen LogP contribution in [-0.4, -0.2) is 58.6 Å². The highest BCUT2D eigenvalue weighted by Crippen LogP contribution is 2.45. The van der Waals surface area contributed by atoms with E-state index in [9.17, 15) is 19.5 Å². The van der Waals surface area contributed by atoms with Crippen LogP contribution in [0.4, 0.5) is 0 Å². The molecule has 6 atom stereocenters. The van der Waals surface area contributed by atoms with Gasteiger partial charge in [0.25, 0.3) is 0 Å². The first kappa shape index (κ1) is 25.4. The summed E-state index contributed by atoms with van der Waals surface area (Å²) in [5.41, 5.74) is -0.463. The summed E-state index contributed by atoms with van der Waals surface area (Å²) >= 11 is 0. The molecule has 2 rings (SSSR count). The number of carbonyl (C=O) groups excluding carboxylic acids is 3. The highest BCUT2D eigenvalue weighted by molar-refractivity contribution is 5.96. The third kappa shape index (κ3) is 5.48. The van der Waals surface area contributed by atoms with Crippen LogP contribution in [0, 0.1) is 29.1 Å². The third-order valence-corrected chi connectivity index (χ3v) is 6.21. The van der Waals surface area contributed by atoms with Crippen molar-refractivity contribution in [2.45, 2.75) is 79.4 Å². The van der Waals surface area contributed by atoms with Gasteiger partial charge in [-0.15, -0.1) is 0 Å². The fraction of sp³-hybridized carbons (Fsp3) is 0.792. The second-order valence-corrected chi connectivity index (χ2v) is 11.0. The number of hydrogen-bond donors (Lipinski definition) is 2. The Balaban J connectivity index is 2.42. The Morgan fingerprint density at radius 1 is 1.23 bits per heavy atom. The molecule has 1 heterocycles. The van der Waals surface area contributed by atoms with Crippen molar-refractivity contribution in [3.05, 3.63) is 12.2 Å². The number of fused-ring (bicyclic) bond motifs is 1. The quantitative estimate of drug-likeness (QED) is 0.472. The SMILES string of the molecule is CCOC(=O)[C@H]1[C@@H]2C(=O)N([C@H](C)CO)[C@H](C(=O)NC(C)(C)CC(C)(C)C)[C@H]2C=C[C@H]1C. The largest absolute Gasteiger partial charge is 0.466 e. The van der Waals surface area contributed by atoms with Gasteiger partial charge in [0.1, 0.15) is 6.04 Å². The van der Waals surface area contributed by atoms with Crippen LogP contribution in [0.1, 0.15) is 61.8 Å². The Kier molecular flexibility index (Phi) is 7.62. The minimum Gasteiger partial charge on any atom is -0.466 e. The fourth-order valence-corrected chi connectivity index (χ4v) is 5.48. The van der Waals surface area contributed by atoms with Crippen molar-refractivity contribution in [2.75, 3.05) is 13.2 Å². The smallest absolute Gasteiger partial charge is 0.310 e. The number of rotatable bonds is 7. The van der Waals surface area contributed by atoms with Gasteiger partial charge in [0.15, 0.2) is 0 Å². The third-order valence-electron chi connectivity index (χ3n) is 6.21. The number of aliphatic hydroxyl groups excluding tert-OH is 1. The minimum atomic E-state index is -0.778. The standard InChI is InChI=1S/C24H40N2O5/c1-9-31-22(30)17-14(2)10-11-16-18(17)21(29)26(15(3)12-27)19(16)20(28)25-24(7,8)13-23(4,5)6/h10-11,14-19,27H,9,12-13H2,1-8H3,(H,25,28)/t14-,15-,16+,17-,18-,19+/m1/s1. The molecule has 7 nitrogen and oxygen atoms in total. The van der Waals surface area contributed by atoms with E-state index in [1.165, 1.54) is 4.90 Å². The lowest BCUT2D eigenvalue weighted by atomic mass is 9.70. The number of esters is 1. The average molecular weight is 437 g/mol. The van der Waals surface area contributed by atoms with E-state index in [0.29, 0.717) is 0 Å².